The molecule has 0 spiro atoms. The van der Waals surface area contributed by atoms with Gasteiger partial charge < -0.3 is 15.1 Å². The van der Waals surface area contributed by atoms with Gasteiger partial charge >= 0.3 is 6.03 Å². The van der Waals surface area contributed by atoms with Crippen LogP contribution >= 0.6 is 0 Å². The largest absolute Gasteiger partial charge is 0.377 e. The molecule has 1 aromatic rings. The van der Waals surface area contributed by atoms with Crippen LogP contribution in [-0.2, 0) is 0 Å². The summed E-state index contributed by atoms with van der Waals surface area (Å²) in [6.07, 6.45) is 0. The smallest absolute Gasteiger partial charge is 0.321 e. The van der Waals surface area contributed by atoms with Gasteiger partial charge in [-0.25, -0.2) is 4.79 Å². The molecule has 0 unspecified atom stereocenters. The van der Waals surface area contributed by atoms with E-state index in [1.807, 2.05) is 53.1 Å². The third kappa shape index (κ3) is 3.39. The molecule has 0 heterocycles. The van der Waals surface area contributed by atoms with Crippen molar-refractivity contribution >= 4 is 17.4 Å². The van der Waals surface area contributed by atoms with Crippen molar-refractivity contribution in [3.05, 3.63) is 23.8 Å². The number of carbonyl (C=O) groups is 1. The van der Waals surface area contributed by atoms with Crippen LogP contribution in [0.1, 0.15) is 19.4 Å². The van der Waals surface area contributed by atoms with Gasteiger partial charge in [0.1, 0.15) is 0 Å². The van der Waals surface area contributed by atoms with E-state index in [2.05, 4.69) is 10.2 Å². The molecule has 0 fully saturated rings. The molecular weight excluding hydrogens is 226 g/mol. The van der Waals surface area contributed by atoms with Crippen molar-refractivity contribution in [3.8, 4) is 0 Å². The minimum atomic E-state index is -0.0444. The van der Waals surface area contributed by atoms with Gasteiger partial charge in [-0.3, -0.25) is 0 Å². The average Bonchev–Trinajstić information content (AvgIpc) is 2.30. The number of nitrogens with one attached hydrogen (secondary N) is 1. The first kappa shape index (κ1) is 14.4. The maximum atomic E-state index is 11.9. The molecule has 0 aliphatic heterocycles. The monoisotopic (exact) mass is 249 g/mol. The maximum absolute atomic E-state index is 11.9. The molecule has 0 aromatic heterocycles. The second-order valence-corrected chi connectivity index (χ2v) is 4.50. The number of aryl methyl sites for hydroxylation is 1. The second kappa shape index (κ2) is 6.28. The highest BCUT2D eigenvalue weighted by atomic mass is 16.2. The molecule has 0 aliphatic rings. The summed E-state index contributed by atoms with van der Waals surface area (Å²) in [4.78, 5) is 15.7. The quantitative estimate of drug-likeness (QED) is 0.890. The van der Waals surface area contributed by atoms with Crippen LogP contribution in [-0.4, -0.2) is 38.1 Å². The Hall–Kier alpha value is -1.71. The van der Waals surface area contributed by atoms with E-state index in [0.29, 0.717) is 0 Å². The predicted octanol–water partition coefficient (Wildman–Crippen LogP) is 2.93. The summed E-state index contributed by atoms with van der Waals surface area (Å²) in [7, 11) is 4.02. The van der Waals surface area contributed by atoms with Crippen LogP contribution in [0.5, 0.6) is 0 Å². The second-order valence-electron chi connectivity index (χ2n) is 4.50. The Balaban J connectivity index is 2.80. The van der Waals surface area contributed by atoms with Crippen LogP contribution in [0.25, 0.3) is 0 Å². The Labute approximate surface area is 110 Å². The van der Waals surface area contributed by atoms with Crippen molar-refractivity contribution in [1.29, 1.82) is 0 Å². The molecule has 0 radical (unpaired) electrons. The van der Waals surface area contributed by atoms with Crippen LogP contribution in [0.4, 0.5) is 16.2 Å². The Morgan fingerprint density at radius 2 is 1.83 bits per heavy atom. The molecule has 1 N–H and O–H groups in total. The molecule has 4 heteroatoms. The fourth-order valence-electron chi connectivity index (χ4n) is 1.95. The lowest BCUT2D eigenvalue weighted by Crippen LogP contribution is -2.34. The van der Waals surface area contributed by atoms with Gasteiger partial charge in [-0.2, -0.15) is 0 Å². The standard InChI is InChI=1S/C14H23N3O/c1-6-17(7-2)14(18)15-12-8-9-13(16(4)5)11(3)10-12/h8-10H,6-7H2,1-5H3,(H,15,18). The number of carbonyl (C=O) groups excluding carboxylic acids is 1. The Morgan fingerprint density at radius 3 is 2.28 bits per heavy atom. The van der Waals surface area contributed by atoms with Gasteiger partial charge in [-0.1, -0.05) is 0 Å². The van der Waals surface area contributed by atoms with E-state index in [-0.39, 0.29) is 6.03 Å². The zero-order valence-corrected chi connectivity index (χ0v) is 11.9. The molecule has 4 nitrogen and oxygen atoms in total. The minimum Gasteiger partial charge on any atom is -0.377 e. The summed E-state index contributed by atoms with van der Waals surface area (Å²) in [5.41, 5.74) is 3.16. The summed E-state index contributed by atoms with van der Waals surface area (Å²) in [6.45, 7) is 7.43. The molecule has 2 amide bonds. The van der Waals surface area contributed by atoms with E-state index in [1.54, 1.807) is 4.90 Å². The zero-order chi connectivity index (χ0) is 13.7. The van der Waals surface area contributed by atoms with Crippen molar-refractivity contribution < 1.29 is 4.79 Å². The number of anilines is 2. The lowest BCUT2D eigenvalue weighted by atomic mass is 10.1. The number of hydrogen-bond donors (Lipinski definition) is 1. The van der Waals surface area contributed by atoms with Crippen molar-refractivity contribution in [1.82, 2.24) is 4.90 Å². The average molecular weight is 249 g/mol. The topological polar surface area (TPSA) is 35.6 Å². The SMILES string of the molecule is CCN(CC)C(=O)Nc1ccc(N(C)C)c(C)c1. The molecule has 0 atom stereocenters. The molecule has 0 aliphatic carbocycles. The normalized spacial score (nSPS) is 10.1. The van der Waals surface area contributed by atoms with E-state index in [4.69, 9.17) is 0 Å². The highest BCUT2D eigenvalue weighted by Gasteiger charge is 2.10. The van der Waals surface area contributed by atoms with Crippen molar-refractivity contribution in [2.75, 3.05) is 37.4 Å². The maximum Gasteiger partial charge on any atom is 0.321 e. The number of benzene rings is 1. The van der Waals surface area contributed by atoms with Crippen LogP contribution in [0.2, 0.25) is 0 Å². The summed E-state index contributed by atoms with van der Waals surface area (Å²) in [5.74, 6) is 0. The van der Waals surface area contributed by atoms with Gasteiger partial charge in [0.05, 0.1) is 0 Å². The molecule has 0 bridgehead atoms. The lowest BCUT2D eigenvalue weighted by Gasteiger charge is -2.20. The van der Waals surface area contributed by atoms with E-state index < -0.39 is 0 Å². The third-order valence-corrected chi connectivity index (χ3v) is 2.98. The van der Waals surface area contributed by atoms with Gasteiger partial charge in [-0.05, 0) is 44.5 Å². The fourth-order valence-corrected chi connectivity index (χ4v) is 1.95. The number of hydrogen-bond acceptors (Lipinski definition) is 2. The number of nitrogens with zero attached hydrogens (tertiary/aromatic N) is 2. The Bertz CT molecular complexity index is 412. The number of amides is 2. The van der Waals surface area contributed by atoms with Gasteiger partial charge in [0.2, 0.25) is 0 Å². The minimum absolute atomic E-state index is 0.0444. The van der Waals surface area contributed by atoms with Crippen molar-refractivity contribution in [2.24, 2.45) is 0 Å². The summed E-state index contributed by atoms with van der Waals surface area (Å²) < 4.78 is 0. The van der Waals surface area contributed by atoms with Crippen molar-refractivity contribution in [2.45, 2.75) is 20.8 Å². The summed E-state index contributed by atoms with van der Waals surface area (Å²) in [5, 5.41) is 2.92. The predicted molar refractivity (Wildman–Crippen MR) is 77.4 cm³/mol. The number of rotatable bonds is 4. The highest BCUT2D eigenvalue weighted by molar-refractivity contribution is 5.89. The van der Waals surface area contributed by atoms with Crippen LogP contribution < -0.4 is 10.2 Å². The van der Waals surface area contributed by atoms with E-state index in [0.717, 1.165) is 30.0 Å². The summed E-state index contributed by atoms with van der Waals surface area (Å²) in [6, 6.07) is 5.91. The van der Waals surface area contributed by atoms with Gasteiger partial charge in [0, 0.05) is 38.6 Å². The molecule has 1 rings (SSSR count). The fraction of sp³-hybridized carbons (Fsp3) is 0.500. The highest BCUT2D eigenvalue weighted by Crippen LogP contribution is 2.21. The van der Waals surface area contributed by atoms with Gasteiger partial charge in [0.25, 0.3) is 0 Å². The van der Waals surface area contributed by atoms with E-state index in [9.17, 15) is 4.79 Å². The van der Waals surface area contributed by atoms with E-state index >= 15 is 0 Å². The Morgan fingerprint density at radius 1 is 1.22 bits per heavy atom. The third-order valence-electron chi connectivity index (χ3n) is 2.98. The van der Waals surface area contributed by atoms with Crippen LogP contribution in [0.15, 0.2) is 18.2 Å². The van der Waals surface area contributed by atoms with Crippen LogP contribution in [0, 0.1) is 6.92 Å². The number of urea groups is 1. The molecular formula is C14H23N3O. The lowest BCUT2D eigenvalue weighted by molar-refractivity contribution is 0.217. The van der Waals surface area contributed by atoms with Crippen LogP contribution in [0.3, 0.4) is 0 Å². The molecule has 18 heavy (non-hydrogen) atoms. The van der Waals surface area contributed by atoms with E-state index in [1.165, 1.54) is 0 Å². The first-order valence-corrected chi connectivity index (χ1v) is 6.33. The van der Waals surface area contributed by atoms with Gasteiger partial charge in [-0.15, -0.1) is 0 Å². The zero-order valence-electron chi connectivity index (χ0n) is 11.9. The van der Waals surface area contributed by atoms with Gasteiger partial charge in [0.15, 0.2) is 0 Å². The first-order chi connectivity index (χ1) is 8.49. The first-order valence-electron chi connectivity index (χ1n) is 6.33. The molecule has 1 aromatic carbocycles. The summed E-state index contributed by atoms with van der Waals surface area (Å²) >= 11 is 0. The Kier molecular flexibility index (Phi) is 5.01. The molecule has 0 saturated carbocycles. The van der Waals surface area contributed by atoms with Crippen molar-refractivity contribution in [3.63, 3.8) is 0 Å². The molecule has 100 valence electrons. The molecule has 0 saturated heterocycles.